The van der Waals surface area contributed by atoms with E-state index in [1.807, 2.05) is 6.92 Å². The number of thiophene rings is 1. The van der Waals surface area contributed by atoms with Crippen molar-refractivity contribution in [2.75, 3.05) is 11.9 Å². The lowest BCUT2D eigenvalue weighted by Gasteiger charge is -2.06. The van der Waals surface area contributed by atoms with Crippen LogP contribution in [0.15, 0.2) is 38.6 Å². The van der Waals surface area contributed by atoms with E-state index in [0.717, 1.165) is 14.7 Å². The van der Waals surface area contributed by atoms with Crippen molar-refractivity contribution in [3.63, 3.8) is 0 Å². The van der Waals surface area contributed by atoms with E-state index < -0.39 is 0 Å². The van der Waals surface area contributed by atoms with Gasteiger partial charge in [-0.1, -0.05) is 13.0 Å². The number of anilines is 1. The van der Waals surface area contributed by atoms with Gasteiger partial charge in [0.1, 0.15) is 0 Å². The molecule has 116 valence electrons. The lowest BCUT2D eigenvalue weighted by molar-refractivity contribution is 0.0505. The summed E-state index contributed by atoms with van der Waals surface area (Å²) in [5.74, 6) is -0.616. The minimum Gasteiger partial charge on any atom is -0.462 e. The number of amides is 1. The van der Waals surface area contributed by atoms with Crippen molar-refractivity contribution in [2.24, 2.45) is 0 Å². The average Bonchev–Trinajstić information content (AvgIpc) is 2.85. The molecular formula is C15H13Br2NO3S. The Bertz CT molecular complexity index is 680. The number of ether oxygens (including phenoxy) is 1. The van der Waals surface area contributed by atoms with Crippen molar-refractivity contribution in [1.82, 2.24) is 0 Å². The van der Waals surface area contributed by atoms with Crippen molar-refractivity contribution in [3.8, 4) is 0 Å². The Balaban J connectivity index is 2.09. The fraction of sp³-hybridized carbons (Fsp3) is 0.200. The highest BCUT2D eigenvalue weighted by Gasteiger charge is 2.13. The van der Waals surface area contributed by atoms with E-state index in [1.54, 1.807) is 30.3 Å². The maximum absolute atomic E-state index is 12.2. The zero-order valence-corrected chi connectivity index (χ0v) is 15.7. The first kappa shape index (κ1) is 17.2. The molecule has 2 aromatic rings. The summed E-state index contributed by atoms with van der Waals surface area (Å²) in [6.45, 7) is 2.31. The van der Waals surface area contributed by atoms with Gasteiger partial charge >= 0.3 is 5.97 Å². The lowest BCUT2D eigenvalue weighted by atomic mass is 10.2. The predicted molar refractivity (Wildman–Crippen MR) is 94.7 cm³/mol. The molecule has 0 saturated carbocycles. The second-order valence-corrected chi connectivity index (χ2v) is 7.63. The number of carbonyl (C=O) groups excluding carboxylic acids is 2. The molecule has 4 nitrogen and oxygen atoms in total. The van der Waals surface area contributed by atoms with Gasteiger partial charge in [-0.15, -0.1) is 11.3 Å². The first-order valence-corrected chi connectivity index (χ1v) is 8.95. The zero-order chi connectivity index (χ0) is 16.1. The Morgan fingerprint density at radius 2 is 2.05 bits per heavy atom. The number of halogens is 2. The van der Waals surface area contributed by atoms with Crippen LogP contribution in [0.2, 0.25) is 0 Å². The molecule has 0 atom stereocenters. The van der Waals surface area contributed by atoms with Crippen LogP contribution in [0.3, 0.4) is 0 Å². The minimum atomic E-state index is -0.389. The summed E-state index contributed by atoms with van der Waals surface area (Å²) in [6, 6.07) is 8.44. The molecule has 1 amide bonds. The van der Waals surface area contributed by atoms with E-state index in [-0.39, 0.29) is 11.9 Å². The first-order valence-electron chi connectivity index (χ1n) is 6.54. The summed E-state index contributed by atoms with van der Waals surface area (Å²) in [4.78, 5) is 24.6. The van der Waals surface area contributed by atoms with Crippen LogP contribution in [0.25, 0.3) is 0 Å². The molecule has 0 unspecified atom stereocenters. The van der Waals surface area contributed by atoms with Crippen LogP contribution in [0, 0.1) is 0 Å². The number of nitrogens with one attached hydrogen (secondary N) is 1. The molecule has 0 aliphatic heterocycles. The largest absolute Gasteiger partial charge is 0.462 e. The highest BCUT2D eigenvalue weighted by Crippen LogP contribution is 2.32. The van der Waals surface area contributed by atoms with Gasteiger partial charge in [-0.2, -0.15) is 0 Å². The molecule has 0 fully saturated rings. The third kappa shape index (κ3) is 4.41. The summed E-state index contributed by atoms with van der Waals surface area (Å²) in [5.41, 5.74) is 0.969. The fourth-order valence-electron chi connectivity index (χ4n) is 1.65. The molecule has 0 saturated heterocycles. The van der Waals surface area contributed by atoms with Crippen molar-refractivity contribution in [2.45, 2.75) is 13.3 Å². The number of esters is 1. The molecule has 1 aromatic heterocycles. The molecule has 0 aliphatic rings. The normalized spacial score (nSPS) is 10.3. The van der Waals surface area contributed by atoms with Crippen LogP contribution in [-0.4, -0.2) is 18.5 Å². The third-order valence-electron chi connectivity index (χ3n) is 2.66. The molecule has 0 bridgehead atoms. The number of hydrogen-bond donors (Lipinski definition) is 1. The van der Waals surface area contributed by atoms with Crippen LogP contribution in [0.1, 0.15) is 33.4 Å². The van der Waals surface area contributed by atoms with Crippen molar-refractivity contribution in [1.29, 1.82) is 0 Å². The zero-order valence-electron chi connectivity index (χ0n) is 11.7. The molecule has 1 heterocycles. The number of rotatable bonds is 5. The van der Waals surface area contributed by atoms with E-state index in [2.05, 4.69) is 37.2 Å². The van der Waals surface area contributed by atoms with E-state index in [4.69, 9.17) is 4.74 Å². The quantitative estimate of drug-likeness (QED) is 0.650. The molecule has 1 aromatic carbocycles. The van der Waals surface area contributed by atoms with Crippen molar-refractivity contribution < 1.29 is 14.3 Å². The topological polar surface area (TPSA) is 55.4 Å². The second kappa shape index (κ2) is 7.89. The highest BCUT2D eigenvalue weighted by molar-refractivity contribution is 9.13. The van der Waals surface area contributed by atoms with E-state index >= 15 is 0 Å². The SMILES string of the molecule is CCCOC(=O)c1cccc(NC(=O)c2cc(Br)c(Br)s2)c1. The van der Waals surface area contributed by atoms with Crippen molar-refractivity contribution in [3.05, 3.63) is 49.0 Å². The Morgan fingerprint density at radius 1 is 1.27 bits per heavy atom. The first-order chi connectivity index (χ1) is 10.5. The van der Waals surface area contributed by atoms with Gasteiger partial charge in [-0.05, 0) is 62.5 Å². The fourth-order valence-corrected chi connectivity index (χ4v) is 3.58. The lowest BCUT2D eigenvalue weighted by Crippen LogP contribution is -2.11. The number of carbonyl (C=O) groups is 2. The molecule has 2 rings (SSSR count). The monoisotopic (exact) mass is 445 g/mol. The second-order valence-electron chi connectivity index (χ2n) is 4.40. The molecular weight excluding hydrogens is 434 g/mol. The van der Waals surface area contributed by atoms with Crippen molar-refractivity contribution >= 4 is 60.8 Å². The van der Waals surface area contributed by atoms with Crippen LogP contribution >= 0.6 is 43.2 Å². The van der Waals surface area contributed by atoms with Crippen LogP contribution < -0.4 is 5.32 Å². The van der Waals surface area contributed by atoms with Gasteiger partial charge in [0, 0.05) is 10.2 Å². The summed E-state index contributed by atoms with van der Waals surface area (Å²) >= 11 is 8.03. The average molecular weight is 447 g/mol. The Hall–Kier alpha value is -1.18. The highest BCUT2D eigenvalue weighted by atomic mass is 79.9. The van der Waals surface area contributed by atoms with E-state index in [0.29, 0.717) is 22.7 Å². The van der Waals surface area contributed by atoms with Crippen LogP contribution in [-0.2, 0) is 4.74 Å². The summed E-state index contributed by atoms with van der Waals surface area (Å²) < 4.78 is 6.77. The van der Waals surface area contributed by atoms with Crippen LogP contribution in [0.5, 0.6) is 0 Å². The third-order valence-corrected chi connectivity index (χ3v) is 5.92. The van der Waals surface area contributed by atoms with E-state index in [1.165, 1.54) is 11.3 Å². The van der Waals surface area contributed by atoms with E-state index in [9.17, 15) is 9.59 Å². The van der Waals surface area contributed by atoms with Gasteiger partial charge in [0.05, 0.1) is 20.8 Å². The maximum atomic E-state index is 12.2. The summed E-state index contributed by atoms with van der Waals surface area (Å²) in [6.07, 6.45) is 0.768. The Labute approximate surface area is 149 Å². The molecule has 0 aliphatic carbocycles. The molecule has 0 spiro atoms. The predicted octanol–water partition coefficient (Wildman–Crippen LogP) is 5.09. The van der Waals surface area contributed by atoms with Gasteiger partial charge in [-0.25, -0.2) is 4.79 Å². The Kier molecular flexibility index (Phi) is 6.16. The van der Waals surface area contributed by atoms with Gasteiger partial charge in [0.2, 0.25) is 0 Å². The molecule has 7 heteroatoms. The Morgan fingerprint density at radius 3 is 2.68 bits per heavy atom. The van der Waals surface area contributed by atoms with Gasteiger partial charge in [0.25, 0.3) is 5.91 Å². The van der Waals surface area contributed by atoms with Gasteiger partial charge in [-0.3, -0.25) is 4.79 Å². The maximum Gasteiger partial charge on any atom is 0.338 e. The smallest absolute Gasteiger partial charge is 0.338 e. The summed E-state index contributed by atoms with van der Waals surface area (Å²) in [5, 5.41) is 2.77. The molecule has 0 radical (unpaired) electrons. The number of hydrogen-bond acceptors (Lipinski definition) is 4. The standard InChI is InChI=1S/C15H13Br2NO3S/c1-2-6-21-15(20)9-4-3-5-10(7-9)18-14(19)12-8-11(16)13(17)22-12/h3-5,7-8H,2,6H2,1H3,(H,18,19). The van der Waals surface area contributed by atoms with Gasteiger partial charge < -0.3 is 10.1 Å². The van der Waals surface area contributed by atoms with Crippen LogP contribution in [0.4, 0.5) is 5.69 Å². The van der Waals surface area contributed by atoms with Gasteiger partial charge in [0.15, 0.2) is 0 Å². The molecule has 22 heavy (non-hydrogen) atoms. The molecule has 1 N–H and O–H groups in total. The summed E-state index contributed by atoms with van der Waals surface area (Å²) in [7, 11) is 0. The minimum absolute atomic E-state index is 0.226. The number of benzene rings is 1.